The maximum Gasteiger partial charge on any atom is 0.340 e. The number of nitrogens with one attached hydrogen (secondary N) is 2. The minimum absolute atomic E-state index is 0.216. The van der Waals surface area contributed by atoms with Crippen LogP contribution < -0.4 is 10.7 Å². The fourth-order valence-electron chi connectivity index (χ4n) is 1.27. The number of carbonyl (C=O) groups excluding carboxylic acids is 1. The minimum atomic E-state index is -0.216. The van der Waals surface area contributed by atoms with Crippen LogP contribution in [0.2, 0.25) is 0 Å². The standard InChI is InChI=1S/C11H12N4O/c16-11(15-7-6-12-9-14-15)13-8-10-4-2-1-3-5-10/h1-7,9H,8H2,(H,12,14)(H,13,16). The molecule has 16 heavy (non-hydrogen) atoms. The Balaban J connectivity index is 1.84. The summed E-state index contributed by atoms with van der Waals surface area (Å²) < 4.78 is 0. The maximum absolute atomic E-state index is 11.6. The van der Waals surface area contributed by atoms with Crippen molar-refractivity contribution in [3.8, 4) is 0 Å². The number of urea groups is 1. The summed E-state index contributed by atoms with van der Waals surface area (Å²) in [5.41, 5.74) is 3.76. The highest BCUT2D eigenvalue weighted by molar-refractivity contribution is 5.77. The van der Waals surface area contributed by atoms with Crippen molar-refractivity contribution in [2.75, 3.05) is 0 Å². The van der Waals surface area contributed by atoms with Crippen molar-refractivity contribution in [1.82, 2.24) is 15.8 Å². The van der Waals surface area contributed by atoms with Crippen molar-refractivity contribution < 1.29 is 4.79 Å². The fraction of sp³-hybridized carbons (Fsp3) is 0.0909. The summed E-state index contributed by atoms with van der Waals surface area (Å²) >= 11 is 0. The average Bonchev–Trinajstić information content (AvgIpc) is 2.38. The normalized spacial score (nSPS) is 13.4. The van der Waals surface area contributed by atoms with E-state index in [0.29, 0.717) is 6.54 Å². The van der Waals surface area contributed by atoms with Crippen LogP contribution >= 0.6 is 0 Å². The van der Waals surface area contributed by atoms with Gasteiger partial charge in [0.15, 0.2) is 0 Å². The Morgan fingerprint density at radius 1 is 1.38 bits per heavy atom. The van der Waals surface area contributed by atoms with E-state index in [2.05, 4.69) is 15.7 Å². The van der Waals surface area contributed by atoms with Gasteiger partial charge in [0.1, 0.15) is 6.34 Å². The second-order valence-corrected chi connectivity index (χ2v) is 3.22. The van der Waals surface area contributed by atoms with E-state index in [4.69, 9.17) is 0 Å². The summed E-state index contributed by atoms with van der Waals surface area (Å²) in [5.74, 6) is 0. The summed E-state index contributed by atoms with van der Waals surface area (Å²) in [5, 5.41) is 4.11. The molecule has 1 heterocycles. The van der Waals surface area contributed by atoms with E-state index in [1.807, 2.05) is 30.3 Å². The Hall–Kier alpha value is -2.30. The van der Waals surface area contributed by atoms with Crippen molar-refractivity contribution in [2.24, 2.45) is 4.99 Å². The predicted molar refractivity (Wildman–Crippen MR) is 61.3 cm³/mol. The molecule has 0 fully saturated rings. The number of hydrogen-bond donors (Lipinski definition) is 2. The molecule has 5 heteroatoms. The number of hydrogen-bond acceptors (Lipinski definition) is 3. The summed E-state index contributed by atoms with van der Waals surface area (Å²) in [4.78, 5) is 15.4. The number of amides is 2. The number of hydrazine groups is 1. The molecule has 0 saturated carbocycles. The molecule has 0 radical (unpaired) electrons. The molecule has 0 bridgehead atoms. The van der Waals surface area contributed by atoms with Gasteiger partial charge in [-0.3, -0.25) is 5.43 Å². The van der Waals surface area contributed by atoms with Gasteiger partial charge in [-0.15, -0.1) is 0 Å². The van der Waals surface area contributed by atoms with Crippen molar-refractivity contribution >= 4 is 12.4 Å². The van der Waals surface area contributed by atoms with E-state index in [0.717, 1.165) is 5.56 Å². The van der Waals surface area contributed by atoms with Crippen LogP contribution in [0.4, 0.5) is 4.79 Å². The van der Waals surface area contributed by atoms with Crippen LogP contribution in [0.3, 0.4) is 0 Å². The molecule has 5 nitrogen and oxygen atoms in total. The Bertz CT molecular complexity index is 413. The van der Waals surface area contributed by atoms with Gasteiger partial charge in [0.05, 0.1) is 6.20 Å². The van der Waals surface area contributed by atoms with E-state index >= 15 is 0 Å². The number of nitrogens with zero attached hydrogens (tertiary/aromatic N) is 2. The molecule has 1 aromatic rings. The first-order valence-electron chi connectivity index (χ1n) is 4.92. The Kier molecular flexibility index (Phi) is 3.18. The molecule has 2 amide bonds. The summed E-state index contributed by atoms with van der Waals surface area (Å²) in [7, 11) is 0. The first kappa shape index (κ1) is 10.2. The van der Waals surface area contributed by atoms with Crippen LogP contribution in [-0.4, -0.2) is 17.4 Å². The monoisotopic (exact) mass is 216 g/mol. The van der Waals surface area contributed by atoms with Gasteiger partial charge < -0.3 is 5.32 Å². The van der Waals surface area contributed by atoms with E-state index < -0.39 is 0 Å². The third kappa shape index (κ3) is 2.60. The third-order valence-electron chi connectivity index (χ3n) is 2.08. The van der Waals surface area contributed by atoms with Crippen molar-refractivity contribution in [1.29, 1.82) is 0 Å². The second-order valence-electron chi connectivity index (χ2n) is 3.22. The van der Waals surface area contributed by atoms with Crippen molar-refractivity contribution in [3.63, 3.8) is 0 Å². The molecule has 1 aromatic carbocycles. The van der Waals surface area contributed by atoms with Crippen LogP contribution in [0, 0.1) is 0 Å². The third-order valence-corrected chi connectivity index (χ3v) is 2.08. The smallest absolute Gasteiger partial charge is 0.332 e. The zero-order chi connectivity index (χ0) is 11.2. The van der Waals surface area contributed by atoms with Crippen LogP contribution in [-0.2, 0) is 6.54 Å². The topological polar surface area (TPSA) is 56.7 Å². The SMILES string of the molecule is O=C(NCc1ccccc1)N1C=CN=CN1. The van der Waals surface area contributed by atoms with Gasteiger partial charge in [0, 0.05) is 12.7 Å². The molecular formula is C11H12N4O. The fourth-order valence-corrected chi connectivity index (χ4v) is 1.27. The summed E-state index contributed by atoms with van der Waals surface area (Å²) in [6, 6.07) is 9.52. The molecular weight excluding hydrogens is 204 g/mol. The molecule has 2 N–H and O–H groups in total. The van der Waals surface area contributed by atoms with Gasteiger partial charge in [-0.2, -0.15) is 0 Å². The number of aliphatic imine (C=N–C) groups is 1. The molecule has 82 valence electrons. The van der Waals surface area contributed by atoms with E-state index in [1.165, 1.54) is 11.3 Å². The van der Waals surface area contributed by atoms with Crippen molar-refractivity contribution in [2.45, 2.75) is 6.54 Å². The summed E-state index contributed by atoms with van der Waals surface area (Å²) in [6.45, 7) is 0.503. The van der Waals surface area contributed by atoms with Gasteiger partial charge in [-0.1, -0.05) is 30.3 Å². The zero-order valence-corrected chi connectivity index (χ0v) is 8.63. The minimum Gasteiger partial charge on any atom is -0.332 e. The highest BCUT2D eigenvalue weighted by Gasteiger charge is 2.09. The van der Waals surface area contributed by atoms with E-state index in [-0.39, 0.29) is 6.03 Å². The quantitative estimate of drug-likeness (QED) is 0.780. The highest BCUT2D eigenvalue weighted by atomic mass is 16.2. The predicted octanol–water partition coefficient (Wildman–Crippen LogP) is 1.22. The molecule has 0 saturated heterocycles. The molecule has 0 aliphatic carbocycles. The van der Waals surface area contributed by atoms with Crippen LogP contribution in [0.15, 0.2) is 47.7 Å². The first-order chi connectivity index (χ1) is 7.86. The van der Waals surface area contributed by atoms with Crippen molar-refractivity contribution in [3.05, 3.63) is 48.3 Å². The lowest BCUT2D eigenvalue weighted by molar-refractivity contribution is 0.207. The Morgan fingerprint density at radius 3 is 2.88 bits per heavy atom. The molecule has 0 atom stereocenters. The molecule has 0 aromatic heterocycles. The number of carbonyl (C=O) groups is 1. The number of benzene rings is 1. The van der Waals surface area contributed by atoms with E-state index in [1.54, 1.807) is 12.4 Å². The lowest BCUT2D eigenvalue weighted by Gasteiger charge is -2.19. The lowest BCUT2D eigenvalue weighted by Crippen LogP contribution is -2.44. The van der Waals surface area contributed by atoms with Gasteiger partial charge >= 0.3 is 6.03 Å². The average molecular weight is 216 g/mol. The Morgan fingerprint density at radius 2 is 2.19 bits per heavy atom. The maximum atomic E-state index is 11.6. The molecule has 0 unspecified atom stereocenters. The van der Waals surface area contributed by atoms with E-state index in [9.17, 15) is 4.79 Å². The van der Waals surface area contributed by atoms with Gasteiger partial charge in [0.25, 0.3) is 0 Å². The molecule has 1 aliphatic heterocycles. The zero-order valence-electron chi connectivity index (χ0n) is 8.63. The highest BCUT2D eigenvalue weighted by Crippen LogP contribution is 1.98. The second kappa shape index (κ2) is 4.97. The lowest BCUT2D eigenvalue weighted by atomic mass is 10.2. The van der Waals surface area contributed by atoms with Gasteiger partial charge in [0.2, 0.25) is 0 Å². The summed E-state index contributed by atoms with van der Waals surface area (Å²) in [6.07, 6.45) is 4.54. The first-order valence-corrected chi connectivity index (χ1v) is 4.92. The van der Waals surface area contributed by atoms with Crippen LogP contribution in [0.5, 0.6) is 0 Å². The molecule has 0 spiro atoms. The van der Waals surface area contributed by atoms with Gasteiger partial charge in [-0.25, -0.2) is 14.8 Å². The van der Waals surface area contributed by atoms with Crippen LogP contribution in [0.1, 0.15) is 5.56 Å². The molecule has 2 rings (SSSR count). The largest absolute Gasteiger partial charge is 0.340 e. The number of rotatable bonds is 2. The molecule has 1 aliphatic rings. The Labute approximate surface area is 93.4 Å². The van der Waals surface area contributed by atoms with Crippen LogP contribution in [0.25, 0.3) is 0 Å². The van der Waals surface area contributed by atoms with Gasteiger partial charge in [-0.05, 0) is 5.56 Å².